The number of aromatic carboxylic acids is 1. The number of ether oxygens (including phenoxy) is 1. The molecule has 0 aliphatic heterocycles. The Labute approximate surface area is 121 Å². The number of carboxylic acids is 1. The summed E-state index contributed by atoms with van der Waals surface area (Å²) in [5.41, 5.74) is 1.18. The zero-order chi connectivity index (χ0) is 15.6. The highest BCUT2D eigenvalue weighted by atomic mass is 16.5. The van der Waals surface area contributed by atoms with E-state index in [-0.39, 0.29) is 11.5 Å². The van der Waals surface area contributed by atoms with Crippen LogP contribution in [0.5, 0.6) is 0 Å². The Balaban J connectivity index is 2.48. The lowest BCUT2D eigenvalue weighted by Crippen LogP contribution is -2.23. The van der Waals surface area contributed by atoms with Gasteiger partial charge in [-0.3, -0.25) is 0 Å². The molecule has 1 aromatic carbocycles. The number of nitrogens with zero attached hydrogens (tertiary/aromatic N) is 3. The van der Waals surface area contributed by atoms with Crippen LogP contribution in [-0.2, 0) is 9.53 Å². The van der Waals surface area contributed by atoms with E-state index < -0.39 is 18.0 Å². The molecule has 7 nitrogen and oxygen atoms in total. The van der Waals surface area contributed by atoms with Crippen molar-refractivity contribution < 1.29 is 19.4 Å². The molecule has 1 heterocycles. The molecule has 1 unspecified atom stereocenters. The third-order valence-corrected chi connectivity index (χ3v) is 3.18. The first kappa shape index (κ1) is 15.0. The normalized spacial score (nSPS) is 12.6. The van der Waals surface area contributed by atoms with E-state index in [9.17, 15) is 9.59 Å². The minimum Gasteiger partial charge on any atom is -0.478 e. The molecular weight excluding hydrogens is 274 g/mol. The number of esters is 1. The molecule has 0 aliphatic rings. The summed E-state index contributed by atoms with van der Waals surface area (Å²) in [6, 6.07) is 3.93. The van der Waals surface area contributed by atoms with Gasteiger partial charge in [-0.1, -0.05) is 19.1 Å². The van der Waals surface area contributed by atoms with Crippen LogP contribution in [0.25, 0.3) is 11.0 Å². The second-order valence-corrected chi connectivity index (χ2v) is 5.21. The molecule has 0 saturated carbocycles. The predicted molar refractivity (Wildman–Crippen MR) is 75.0 cm³/mol. The van der Waals surface area contributed by atoms with Gasteiger partial charge < -0.3 is 9.84 Å². The molecule has 2 rings (SSSR count). The number of carbonyl (C=O) groups is 2. The molecule has 0 radical (unpaired) electrons. The van der Waals surface area contributed by atoms with Gasteiger partial charge in [-0.15, -0.1) is 5.10 Å². The Kier molecular flexibility index (Phi) is 4.21. The molecule has 0 bridgehead atoms. The van der Waals surface area contributed by atoms with Gasteiger partial charge in [0.25, 0.3) is 0 Å². The van der Waals surface area contributed by atoms with Crippen molar-refractivity contribution in [2.75, 3.05) is 7.11 Å². The van der Waals surface area contributed by atoms with Gasteiger partial charge >= 0.3 is 11.9 Å². The van der Waals surface area contributed by atoms with Crippen LogP contribution in [-0.4, -0.2) is 39.1 Å². The van der Waals surface area contributed by atoms with Crippen molar-refractivity contribution in [2.24, 2.45) is 5.92 Å². The summed E-state index contributed by atoms with van der Waals surface area (Å²) in [7, 11) is 1.33. The average Bonchev–Trinajstić information content (AvgIpc) is 2.86. The largest absolute Gasteiger partial charge is 0.478 e. The van der Waals surface area contributed by atoms with Gasteiger partial charge in [-0.2, -0.15) is 0 Å². The molecule has 1 N–H and O–H groups in total. The van der Waals surface area contributed by atoms with Crippen molar-refractivity contribution in [3.05, 3.63) is 23.8 Å². The summed E-state index contributed by atoms with van der Waals surface area (Å²) in [4.78, 5) is 22.9. The van der Waals surface area contributed by atoms with Crippen LogP contribution in [0.4, 0.5) is 0 Å². The predicted octanol–water partition coefficient (Wildman–Crippen LogP) is 1.89. The fourth-order valence-electron chi connectivity index (χ4n) is 2.18. The number of benzene rings is 1. The van der Waals surface area contributed by atoms with Gasteiger partial charge in [-0.05, 0) is 30.5 Å². The molecule has 1 atom stereocenters. The van der Waals surface area contributed by atoms with E-state index >= 15 is 0 Å². The van der Waals surface area contributed by atoms with Crippen LogP contribution in [0.1, 0.15) is 36.7 Å². The second-order valence-electron chi connectivity index (χ2n) is 5.21. The Bertz CT molecular complexity index is 678. The van der Waals surface area contributed by atoms with Crippen molar-refractivity contribution in [3.8, 4) is 0 Å². The van der Waals surface area contributed by atoms with Crippen molar-refractivity contribution in [3.63, 3.8) is 0 Å². The maximum Gasteiger partial charge on any atom is 0.335 e. The van der Waals surface area contributed by atoms with Crippen LogP contribution < -0.4 is 0 Å². The zero-order valence-electron chi connectivity index (χ0n) is 12.1. The van der Waals surface area contributed by atoms with E-state index in [4.69, 9.17) is 9.84 Å². The Morgan fingerprint density at radius 1 is 1.38 bits per heavy atom. The third kappa shape index (κ3) is 3.01. The number of methoxy groups -OCH3 is 1. The Morgan fingerprint density at radius 2 is 2.10 bits per heavy atom. The lowest BCUT2D eigenvalue weighted by Gasteiger charge is -2.17. The van der Waals surface area contributed by atoms with Crippen molar-refractivity contribution in [1.82, 2.24) is 15.0 Å². The van der Waals surface area contributed by atoms with Gasteiger partial charge in [0, 0.05) is 0 Å². The van der Waals surface area contributed by atoms with Gasteiger partial charge in [0.05, 0.1) is 18.2 Å². The SMILES string of the molecule is COC(=O)C(CC(C)C)n1nnc2cc(C(=O)O)ccc21. The number of fused-ring (bicyclic) bond motifs is 1. The van der Waals surface area contributed by atoms with Crippen LogP contribution in [0.3, 0.4) is 0 Å². The Hall–Kier alpha value is -2.44. The highest BCUT2D eigenvalue weighted by molar-refractivity contribution is 5.92. The Morgan fingerprint density at radius 3 is 2.67 bits per heavy atom. The quantitative estimate of drug-likeness (QED) is 0.845. The summed E-state index contributed by atoms with van der Waals surface area (Å²) < 4.78 is 6.32. The van der Waals surface area contributed by atoms with Gasteiger partial charge in [0.2, 0.25) is 0 Å². The van der Waals surface area contributed by atoms with E-state index in [1.165, 1.54) is 23.9 Å². The standard InChI is InChI=1S/C14H17N3O4/c1-8(2)6-12(14(20)21-3)17-11-5-4-9(13(18)19)7-10(11)15-16-17/h4-5,7-8,12H,6H2,1-3H3,(H,18,19). The number of carbonyl (C=O) groups excluding carboxylic acids is 1. The summed E-state index contributed by atoms with van der Waals surface area (Å²) in [6.45, 7) is 4.00. The highest BCUT2D eigenvalue weighted by Gasteiger charge is 2.25. The fourth-order valence-corrected chi connectivity index (χ4v) is 2.18. The number of hydrogen-bond acceptors (Lipinski definition) is 5. The van der Waals surface area contributed by atoms with E-state index in [1.807, 2.05) is 13.8 Å². The zero-order valence-corrected chi connectivity index (χ0v) is 12.1. The smallest absolute Gasteiger partial charge is 0.335 e. The van der Waals surface area contributed by atoms with Crippen molar-refractivity contribution in [2.45, 2.75) is 26.3 Å². The first-order valence-electron chi connectivity index (χ1n) is 6.60. The van der Waals surface area contributed by atoms with Crippen molar-refractivity contribution >= 4 is 23.0 Å². The van der Waals surface area contributed by atoms with Crippen LogP contribution in [0.15, 0.2) is 18.2 Å². The molecular formula is C14H17N3O4. The maximum atomic E-state index is 12.0. The lowest BCUT2D eigenvalue weighted by atomic mass is 10.0. The van der Waals surface area contributed by atoms with Crippen molar-refractivity contribution in [1.29, 1.82) is 0 Å². The topological polar surface area (TPSA) is 94.3 Å². The molecule has 0 fully saturated rings. The molecule has 0 aliphatic carbocycles. The first-order valence-corrected chi connectivity index (χ1v) is 6.60. The van der Waals surface area contributed by atoms with E-state index in [0.29, 0.717) is 17.5 Å². The molecule has 112 valence electrons. The number of rotatable bonds is 5. The average molecular weight is 291 g/mol. The second kappa shape index (κ2) is 5.90. The monoisotopic (exact) mass is 291 g/mol. The highest BCUT2D eigenvalue weighted by Crippen LogP contribution is 2.23. The van der Waals surface area contributed by atoms with Gasteiger partial charge in [0.1, 0.15) is 5.52 Å². The molecule has 0 spiro atoms. The molecule has 7 heteroatoms. The van der Waals surface area contributed by atoms with Crippen LogP contribution >= 0.6 is 0 Å². The van der Waals surface area contributed by atoms with E-state index in [1.54, 1.807) is 6.07 Å². The van der Waals surface area contributed by atoms with Crippen LogP contribution in [0, 0.1) is 5.92 Å². The molecule has 0 amide bonds. The molecule has 2 aromatic rings. The molecule has 1 aromatic heterocycles. The van der Waals surface area contributed by atoms with E-state index in [0.717, 1.165) is 0 Å². The number of hydrogen-bond donors (Lipinski definition) is 1. The molecule has 21 heavy (non-hydrogen) atoms. The summed E-state index contributed by atoms with van der Waals surface area (Å²) in [5, 5.41) is 16.9. The lowest BCUT2D eigenvalue weighted by molar-refractivity contribution is -0.145. The minimum atomic E-state index is -1.03. The summed E-state index contributed by atoms with van der Waals surface area (Å²) in [5.74, 6) is -1.15. The van der Waals surface area contributed by atoms with Gasteiger partial charge in [-0.25, -0.2) is 14.3 Å². The van der Waals surface area contributed by atoms with Crippen LogP contribution in [0.2, 0.25) is 0 Å². The van der Waals surface area contributed by atoms with Gasteiger partial charge in [0.15, 0.2) is 6.04 Å². The molecule has 0 saturated heterocycles. The minimum absolute atomic E-state index is 0.132. The van der Waals surface area contributed by atoms with E-state index in [2.05, 4.69) is 10.3 Å². The summed E-state index contributed by atoms with van der Waals surface area (Å²) >= 11 is 0. The number of carboxylic acid groups (broad SMARTS) is 1. The summed E-state index contributed by atoms with van der Waals surface area (Å²) in [6.07, 6.45) is 0.561. The maximum absolute atomic E-state index is 12.0. The number of aromatic nitrogens is 3. The first-order chi connectivity index (χ1) is 9.93. The fraction of sp³-hybridized carbons (Fsp3) is 0.429. The third-order valence-electron chi connectivity index (χ3n) is 3.18.